The number of rotatable bonds is 5. The molecule has 0 radical (unpaired) electrons. The molecule has 0 aromatic carbocycles. The van der Waals surface area contributed by atoms with Crippen molar-refractivity contribution in [2.75, 3.05) is 0 Å². The van der Waals surface area contributed by atoms with Crippen molar-refractivity contribution in [2.24, 2.45) is 0 Å². The van der Waals surface area contributed by atoms with Crippen LogP contribution in [0.15, 0.2) is 18.5 Å². The summed E-state index contributed by atoms with van der Waals surface area (Å²) in [5, 5.41) is 12.9. The lowest BCUT2D eigenvalue weighted by atomic mass is 9.98. The Morgan fingerprint density at radius 1 is 1.53 bits per heavy atom. The first-order valence-electron chi connectivity index (χ1n) is 5.53. The third kappa shape index (κ3) is 3.36. The molecule has 0 saturated heterocycles. The van der Waals surface area contributed by atoms with Crippen molar-refractivity contribution in [2.45, 2.75) is 52.4 Å². The standard InChI is InChI=1S/C12H22N2O/c1-5-14-7-6-11(9-14)8-13-12(3,4)10(2)15/h6-7,9-10,13,15H,5,8H2,1-4H3. The summed E-state index contributed by atoms with van der Waals surface area (Å²) in [5.74, 6) is 0. The van der Waals surface area contributed by atoms with Gasteiger partial charge in [0.2, 0.25) is 0 Å². The Hall–Kier alpha value is -0.800. The molecule has 1 atom stereocenters. The Kier molecular flexibility index (Phi) is 3.94. The molecule has 1 heterocycles. The molecule has 15 heavy (non-hydrogen) atoms. The van der Waals surface area contributed by atoms with Crippen LogP contribution in [0.3, 0.4) is 0 Å². The minimum atomic E-state index is -0.356. The highest BCUT2D eigenvalue weighted by molar-refractivity contribution is 5.10. The maximum absolute atomic E-state index is 9.54. The zero-order valence-corrected chi connectivity index (χ0v) is 10.1. The molecule has 0 aliphatic carbocycles. The lowest BCUT2D eigenvalue weighted by molar-refractivity contribution is 0.0956. The second-order valence-electron chi connectivity index (χ2n) is 4.60. The topological polar surface area (TPSA) is 37.2 Å². The summed E-state index contributed by atoms with van der Waals surface area (Å²) in [6.45, 7) is 9.74. The average molecular weight is 210 g/mol. The molecule has 1 rings (SSSR count). The Balaban J connectivity index is 2.50. The molecule has 0 saturated carbocycles. The van der Waals surface area contributed by atoms with Crippen molar-refractivity contribution in [1.29, 1.82) is 0 Å². The smallest absolute Gasteiger partial charge is 0.0688 e. The molecule has 1 aromatic rings. The van der Waals surface area contributed by atoms with Crippen LogP contribution in [0.1, 0.15) is 33.3 Å². The predicted octanol–water partition coefficient (Wildman–Crippen LogP) is 1.76. The molecule has 3 heteroatoms. The van der Waals surface area contributed by atoms with E-state index in [0.717, 1.165) is 13.1 Å². The molecule has 0 aliphatic rings. The van der Waals surface area contributed by atoms with Crippen molar-refractivity contribution in [3.63, 3.8) is 0 Å². The van der Waals surface area contributed by atoms with Crippen molar-refractivity contribution in [1.82, 2.24) is 9.88 Å². The van der Waals surface area contributed by atoms with Gasteiger partial charge in [-0.25, -0.2) is 0 Å². The number of aliphatic hydroxyl groups excluding tert-OH is 1. The van der Waals surface area contributed by atoms with Gasteiger partial charge >= 0.3 is 0 Å². The maximum Gasteiger partial charge on any atom is 0.0688 e. The summed E-state index contributed by atoms with van der Waals surface area (Å²) >= 11 is 0. The minimum Gasteiger partial charge on any atom is -0.392 e. The average Bonchev–Trinajstić information content (AvgIpc) is 2.62. The molecule has 3 nitrogen and oxygen atoms in total. The molecule has 0 spiro atoms. The quantitative estimate of drug-likeness (QED) is 0.777. The highest BCUT2D eigenvalue weighted by Gasteiger charge is 2.22. The zero-order valence-electron chi connectivity index (χ0n) is 10.1. The second-order valence-corrected chi connectivity index (χ2v) is 4.60. The molecular formula is C12H22N2O. The molecule has 1 unspecified atom stereocenters. The third-order valence-corrected chi connectivity index (χ3v) is 2.97. The van der Waals surface area contributed by atoms with Gasteiger partial charge in [-0.1, -0.05) is 0 Å². The van der Waals surface area contributed by atoms with Gasteiger partial charge in [-0.05, 0) is 39.3 Å². The van der Waals surface area contributed by atoms with E-state index >= 15 is 0 Å². The Labute approximate surface area is 92.1 Å². The number of nitrogens with one attached hydrogen (secondary N) is 1. The molecule has 0 bridgehead atoms. The first-order valence-corrected chi connectivity index (χ1v) is 5.53. The SMILES string of the molecule is CCn1ccc(CNC(C)(C)C(C)O)c1. The summed E-state index contributed by atoms with van der Waals surface area (Å²) in [7, 11) is 0. The maximum atomic E-state index is 9.54. The van der Waals surface area contributed by atoms with Gasteiger partial charge in [0.15, 0.2) is 0 Å². The number of aliphatic hydroxyl groups is 1. The highest BCUT2D eigenvalue weighted by atomic mass is 16.3. The van der Waals surface area contributed by atoms with Gasteiger partial charge in [-0.15, -0.1) is 0 Å². The number of aromatic nitrogens is 1. The van der Waals surface area contributed by atoms with E-state index in [1.807, 2.05) is 20.8 Å². The van der Waals surface area contributed by atoms with Gasteiger partial charge in [0.05, 0.1) is 6.10 Å². The molecular weight excluding hydrogens is 188 g/mol. The van der Waals surface area contributed by atoms with Gasteiger partial charge in [0, 0.05) is 31.0 Å². The Bertz CT molecular complexity index is 302. The van der Waals surface area contributed by atoms with Gasteiger partial charge in [-0.3, -0.25) is 0 Å². The number of aryl methyl sites for hydroxylation is 1. The molecule has 0 fully saturated rings. The normalized spacial score (nSPS) is 14.2. The fraction of sp³-hybridized carbons (Fsp3) is 0.667. The van der Waals surface area contributed by atoms with Crippen LogP contribution >= 0.6 is 0 Å². The number of hydrogen-bond donors (Lipinski definition) is 2. The zero-order chi connectivity index (χ0) is 11.5. The summed E-state index contributed by atoms with van der Waals surface area (Å²) in [4.78, 5) is 0. The first kappa shape index (κ1) is 12.3. The number of hydrogen-bond acceptors (Lipinski definition) is 2. The van der Waals surface area contributed by atoms with Crippen LogP contribution in [0.4, 0.5) is 0 Å². The fourth-order valence-corrected chi connectivity index (χ4v) is 1.27. The van der Waals surface area contributed by atoms with E-state index in [1.54, 1.807) is 0 Å². The summed E-state index contributed by atoms with van der Waals surface area (Å²) in [5.41, 5.74) is 1.01. The van der Waals surface area contributed by atoms with Crippen LogP contribution in [0.25, 0.3) is 0 Å². The summed E-state index contributed by atoms with van der Waals surface area (Å²) in [6, 6.07) is 2.11. The van der Waals surface area contributed by atoms with E-state index in [1.165, 1.54) is 5.56 Å². The third-order valence-electron chi connectivity index (χ3n) is 2.97. The molecule has 2 N–H and O–H groups in total. The molecule has 0 amide bonds. The van der Waals surface area contributed by atoms with E-state index < -0.39 is 0 Å². The van der Waals surface area contributed by atoms with E-state index in [2.05, 4.69) is 35.3 Å². The minimum absolute atomic E-state index is 0.242. The van der Waals surface area contributed by atoms with E-state index in [4.69, 9.17) is 0 Å². The van der Waals surface area contributed by atoms with Gasteiger partial charge in [0.1, 0.15) is 0 Å². The highest BCUT2D eigenvalue weighted by Crippen LogP contribution is 2.10. The Morgan fingerprint density at radius 2 is 2.20 bits per heavy atom. The van der Waals surface area contributed by atoms with Crippen LogP contribution in [0.2, 0.25) is 0 Å². The molecule has 86 valence electrons. The van der Waals surface area contributed by atoms with Crippen molar-refractivity contribution in [3.05, 3.63) is 24.0 Å². The second kappa shape index (κ2) is 4.81. The van der Waals surface area contributed by atoms with Gasteiger partial charge in [-0.2, -0.15) is 0 Å². The first-order chi connectivity index (χ1) is 6.95. The van der Waals surface area contributed by atoms with Gasteiger partial charge in [0.25, 0.3) is 0 Å². The van der Waals surface area contributed by atoms with Gasteiger partial charge < -0.3 is 15.0 Å². The van der Waals surface area contributed by atoms with Crippen LogP contribution in [-0.2, 0) is 13.1 Å². The van der Waals surface area contributed by atoms with Crippen LogP contribution in [0, 0.1) is 0 Å². The fourth-order valence-electron chi connectivity index (χ4n) is 1.27. The number of nitrogens with zero attached hydrogens (tertiary/aromatic N) is 1. The van der Waals surface area contributed by atoms with Crippen molar-refractivity contribution in [3.8, 4) is 0 Å². The summed E-state index contributed by atoms with van der Waals surface area (Å²) < 4.78 is 2.15. The van der Waals surface area contributed by atoms with Crippen molar-refractivity contribution >= 4 is 0 Å². The molecule has 0 aliphatic heterocycles. The van der Waals surface area contributed by atoms with E-state index in [-0.39, 0.29) is 11.6 Å². The lowest BCUT2D eigenvalue weighted by Crippen LogP contribution is -2.47. The Morgan fingerprint density at radius 3 is 2.67 bits per heavy atom. The van der Waals surface area contributed by atoms with Crippen molar-refractivity contribution < 1.29 is 5.11 Å². The summed E-state index contributed by atoms with van der Waals surface area (Å²) in [6.07, 6.45) is 3.85. The van der Waals surface area contributed by atoms with Crippen LogP contribution in [0.5, 0.6) is 0 Å². The lowest BCUT2D eigenvalue weighted by Gasteiger charge is -2.29. The van der Waals surface area contributed by atoms with Crippen LogP contribution in [-0.4, -0.2) is 21.3 Å². The van der Waals surface area contributed by atoms with E-state index in [0.29, 0.717) is 0 Å². The monoisotopic (exact) mass is 210 g/mol. The largest absolute Gasteiger partial charge is 0.392 e. The predicted molar refractivity (Wildman–Crippen MR) is 62.7 cm³/mol. The van der Waals surface area contributed by atoms with Crippen LogP contribution < -0.4 is 5.32 Å². The molecule has 1 aromatic heterocycles. The van der Waals surface area contributed by atoms with E-state index in [9.17, 15) is 5.11 Å².